The quantitative estimate of drug-likeness (QED) is 0.623. The maximum Gasteiger partial charge on any atom is 0.168 e. The highest BCUT2D eigenvalue weighted by molar-refractivity contribution is 14.1. The number of carbonyl (C=O) groups is 1. The van der Waals surface area contributed by atoms with Crippen LogP contribution in [0.5, 0.6) is 0 Å². The summed E-state index contributed by atoms with van der Waals surface area (Å²) in [5.74, 6) is 1.71. The molecule has 0 radical (unpaired) electrons. The standard InChI is InChI=1S/C12H17IO/c1-8-4-3-5-9-6-11(14)10(13)7-12(8,9)2/h7-9H,3-6H2,1-2H3/t8-,9+,12+/m1/s1. The Balaban J connectivity index is 2.36. The van der Waals surface area contributed by atoms with Crippen LogP contribution in [-0.4, -0.2) is 5.78 Å². The second-order valence-electron chi connectivity index (χ2n) is 5.01. The molecule has 1 fully saturated rings. The molecular formula is C12H17IO. The van der Waals surface area contributed by atoms with Gasteiger partial charge < -0.3 is 0 Å². The second-order valence-corrected chi connectivity index (χ2v) is 6.18. The van der Waals surface area contributed by atoms with Crippen LogP contribution in [0.4, 0.5) is 0 Å². The van der Waals surface area contributed by atoms with E-state index in [-0.39, 0.29) is 0 Å². The highest BCUT2D eigenvalue weighted by atomic mass is 127. The third kappa shape index (κ3) is 1.55. The van der Waals surface area contributed by atoms with Gasteiger partial charge >= 0.3 is 0 Å². The van der Waals surface area contributed by atoms with Gasteiger partial charge in [-0.1, -0.05) is 26.3 Å². The number of hydrogen-bond acceptors (Lipinski definition) is 1. The molecule has 0 saturated heterocycles. The molecule has 0 bridgehead atoms. The molecule has 1 nitrogen and oxygen atoms in total. The smallest absolute Gasteiger partial charge is 0.168 e. The number of Topliss-reactive ketones (excluding diaryl/α,β-unsaturated/α-hetero) is 1. The van der Waals surface area contributed by atoms with E-state index in [9.17, 15) is 4.79 Å². The zero-order valence-electron chi connectivity index (χ0n) is 8.85. The van der Waals surface area contributed by atoms with Crippen molar-refractivity contribution in [2.75, 3.05) is 0 Å². The lowest BCUT2D eigenvalue weighted by Gasteiger charge is -2.46. The largest absolute Gasteiger partial charge is 0.294 e. The summed E-state index contributed by atoms with van der Waals surface area (Å²) in [5.41, 5.74) is 0.294. The van der Waals surface area contributed by atoms with Gasteiger partial charge in [-0.15, -0.1) is 0 Å². The number of hydrogen-bond donors (Lipinski definition) is 0. The Morgan fingerprint density at radius 2 is 2.21 bits per heavy atom. The number of halogens is 1. The fraction of sp³-hybridized carbons (Fsp3) is 0.750. The Hall–Kier alpha value is 0.140. The summed E-state index contributed by atoms with van der Waals surface area (Å²) in [6, 6.07) is 0. The van der Waals surface area contributed by atoms with Crippen LogP contribution in [0.25, 0.3) is 0 Å². The lowest BCUT2D eigenvalue weighted by molar-refractivity contribution is -0.118. The van der Waals surface area contributed by atoms with Crippen LogP contribution in [0.3, 0.4) is 0 Å². The molecule has 2 rings (SSSR count). The summed E-state index contributed by atoms with van der Waals surface area (Å²) >= 11 is 2.20. The predicted molar refractivity (Wildman–Crippen MR) is 66.3 cm³/mol. The Bertz CT molecular complexity index is 295. The average molecular weight is 304 g/mol. The fourth-order valence-corrected chi connectivity index (χ4v) is 3.84. The summed E-state index contributed by atoms with van der Waals surface area (Å²) in [7, 11) is 0. The average Bonchev–Trinajstić information content (AvgIpc) is 2.11. The normalized spacial score (nSPS) is 43.1. The van der Waals surface area contributed by atoms with Crippen molar-refractivity contribution in [2.45, 2.75) is 39.5 Å². The van der Waals surface area contributed by atoms with E-state index >= 15 is 0 Å². The molecule has 0 heterocycles. The molecule has 0 aromatic rings. The van der Waals surface area contributed by atoms with Crippen molar-refractivity contribution >= 4 is 28.4 Å². The summed E-state index contributed by atoms with van der Waals surface area (Å²) in [4.78, 5) is 11.6. The predicted octanol–water partition coefficient (Wildman–Crippen LogP) is 3.72. The van der Waals surface area contributed by atoms with Gasteiger partial charge in [0.15, 0.2) is 5.78 Å². The van der Waals surface area contributed by atoms with E-state index in [1.807, 2.05) is 0 Å². The van der Waals surface area contributed by atoms with Gasteiger partial charge in [0, 0.05) is 6.42 Å². The monoisotopic (exact) mass is 304 g/mol. The van der Waals surface area contributed by atoms with Crippen molar-refractivity contribution in [3.8, 4) is 0 Å². The minimum atomic E-state index is 0.294. The second kappa shape index (κ2) is 3.62. The minimum Gasteiger partial charge on any atom is -0.294 e. The van der Waals surface area contributed by atoms with Crippen LogP contribution < -0.4 is 0 Å². The van der Waals surface area contributed by atoms with Crippen molar-refractivity contribution < 1.29 is 4.79 Å². The van der Waals surface area contributed by atoms with Crippen LogP contribution in [0.1, 0.15) is 39.5 Å². The van der Waals surface area contributed by atoms with Gasteiger partial charge in [0.25, 0.3) is 0 Å². The molecule has 0 amide bonds. The van der Waals surface area contributed by atoms with E-state index in [2.05, 4.69) is 42.5 Å². The van der Waals surface area contributed by atoms with Gasteiger partial charge in [-0.2, -0.15) is 0 Å². The number of carbonyl (C=O) groups excluding carboxylic acids is 1. The first kappa shape index (κ1) is 10.7. The van der Waals surface area contributed by atoms with Crippen LogP contribution in [-0.2, 0) is 4.79 Å². The number of ketones is 1. The van der Waals surface area contributed by atoms with Crippen LogP contribution in [0, 0.1) is 17.3 Å². The molecule has 3 atom stereocenters. The molecule has 1 saturated carbocycles. The number of allylic oxidation sites excluding steroid dienone is 2. The van der Waals surface area contributed by atoms with Crippen molar-refractivity contribution in [3.63, 3.8) is 0 Å². The van der Waals surface area contributed by atoms with Gasteiger partial charge in [0.1, 0.15) is 0 Å². The Morgan fingerprint density at radius 1 is 1.50 bits per heavy atom. The van der Waals surface area contributed by atoms with E-state index in [0.717, 1.165) is 15.9 Å². The third-order valence-electron chi connectivity index (χ3n) is 4.27. The maximum absolute atomic E-state index is 11.6. The molecule has 0 spiro atoms. The molecule has 2 aliphatic carbocycles. The summed E-state index contributed by atoms with van der Waals surface area (Å²) in [6.07, 6.45) is 6.90. The van der Waals surface area contributed by atoms with E-state index in [1.54, 1.807) is 0 Å². The molecular weight excluding hydrogens is 287 g/mol. The van der Waals surface area contributed by atoms with Gasteiger partial charge in [-0.25, -0.2) is 0 Å². The number of rotatable bonds is 0. The third-order valence-corrected chi connectivity index (χ3v) is 5.18. The molecule has 0 aromatic heterocycles. The molecule has 14 heavy (non-hydrogen) atoms. The van der Waals surface area contributed by atoms with Crippen LogP contribution in [0.2, 0.25) is 0 Å². The van der Waals surface area contributed by atoms with Crippen molar-refractivity contribution in [1.82, 2.24) is 0 Å². The molecule has 0 aliphatic heterocycles. The van der Waals surface area contributed by atoms with Crippen LogP contribution >= 0.6 is 22.6 Å². The first-order valence-electron chi connectivity index (χ1n) is 5.45. The van der Waals surface area contributed by atoms with Crippen molar-refractivity contribution in [2.24, 2.45) is 17.3 Å². The van der Waals surface area contributed by atoms with Gasteiger partial charge in [-0.3, -0.25) is 4.79 Å². The van der Waals surface area contributed by atoms with Gasteiger partial charge in [0.05, 0.1) is 3.58 Å². The van der Waals surface area contributed by atoms with E-state index < -0.39 is 0 Å². The first-order chi connectivity index (χ1) is 6.54. The van der Waals surface area contributed by atoms with Crippen LogP contribution in [0.15, 0.2) is 9.66 Å². The van der Waals surface area contributed by atoms with E-state index in [4.69, 9.17) is 0 Å². The Kier molecular flexibility index (Phi) is 2.75. The molecule has 0 aromatic carbocycles. The summed E-state index contributed by atoms with van der Waals surface area (Å²) < 4.78 is 0.968. The van der Waals surface area contributed by atoms with Gasteiger partial charge in [0.2, 0.25) is 0 Å². The first-order valence-corrected chi connectivity index (χ1v) is 6.53. The zero-order valence-corrected chi connectivity index (χ0v) is 11.0. The molecule has 0 N–H and O–H groups in total. The fourth-order valence-electron chi connectivity index (χ4n) is 2.95. The SMILES string of the molecule is C[C@@H]1CCC[C@H]2CC(=O)C(I)=C[C@]21C. The number of fused-ring (bicyclic) bond motifs is 1. The lowest BCUT2D eigenvalue weighted by atomic mass is 9.58. The molecule has 78 valence electrons. The zero-order chi connectivity index (χ0) is 10.3. The van der Waals surface area contributed by atoms with Crippen molar-refractivity contribution in [3.05, 3.63) is 9.66 Å². The van der Waals surface area contributed by atoms with E-state index in [1.165, 1.54) is 19.3 Å². The van der Waals surface area contributed by atoms with E-state index in [0.29, 0.717) is 17.1 Å². The topological polar surface area (TPSA) is 17.1 Å². The highest BCUT2D eigenvalue weighted by Gasteiger charge is 2.44. The molecule has 2 aliphatic rings. The maximum atomic E-state index is 11.6. The Labute approximate surface area is 99.5 Å². The minimum absolute atomic E-state index is 0.294. The molecule has 0 unspecified atom stereocenters. The highest BCUT2D eigenvalue weighted by Crippen LogP contribution is 2.51. The van der Waals surface area contributed by atoms with Gasteiger partial charge in [-0.05, 0) is 52.7 Å². The summed E-state index contributed by atoms with van der Waals surface area (Å²) in [6.45, 7) is 4.68. The summed E-state index contributed by atoms with van der Waals surface area (Å²) in [5, 5.41) is 0. The van der Waals surface area contributed by atoms with Crippen molar-refractivity contribution in [1.29, 1.82) is 0 Å². The lowest BCUT2D eigenvalue weighted by Crippen LogP contribution is -2.40. The molecule has 2 heteroatoms. The Morgan fingerprint density at radius 3 is 2.93 bits per heavy atom.